The van der Waals surface area contributed by atoms with Crippen molar-refractivity contribution in [3.8, 4) is 6.07 Å². The van der Waals surface area contributed by atoms with Crippen molar-refractivity contribution in [2.45, 2.75) is 37.1 Å². The molecule has 3 saturated carbocycles. The van der Waals surface area contributed by atoms with E-state index in [1.165, 1.54) is 12.1 Å². The van der Waals surface area contributed by atoms with E-state index in [2.05, 4.69) is 6.07 Å². The van der Waals surface area contributed by atoms with Gasteiger partial charge in [-0.05, 0) is 42.6 Å². The molecule has 1 saturated heterocycles. The lowest BCUT2D eigenvalue weighted by Crippen LogP contribution is -2.61. The van der Waals surface area contributed by atoms with Crippen LogP contribution in [0.5, 0.6) is 0 Å². The lowest BCUT2D eigenvalue weighted by Gasteiger charge is -2.49. The van der Waals surface area contributed by atoms with Crippen molar-refractivity contribution in [3.63, 3.8) is 0 Å². The number of hydrogen-bond donors (Lipinski definition) is 2. The minimum atomic E-state index is -0.515. The van der Waals surface area contributed by atoms with Crippen LogP contribution in [0.15, 0.2) is 18.2 Å². The lowest BCUT2D eigenvalue weighted by atomic mass is 9.74. The van der Waals surface area contributed by atoms with Gasteiger partial charge in [-0.1, -0.05) is 0 Å². The Kier molecular flexibility index (Phi) is 2.64. The molecular weight excluding hydrogens is 310 g/mol. The number of nitriles is 1. The fraction of sp³-hybridized carbons (Fsp3) is 0.588. The lowest BCUT2D eigenvalue weighted by molar-refractivity contribution is -0.384. The van der Waals surface area contributed by atoms with Crippen molar-refractivity contribution < 1.29 is 15.1 Å². The van der Waals surface area contributed by atoms with Crippen molar-refractivity contribution in [3.05, 3.63) is 33.9 Å². The highest BCUT2D eigenvalue weighted by molar-refractivity contribution is 5.65. The highest BCUT2D eigenvalue weighted by atomic mass is 16.6. The molecule has 8 atom stereocenters. The molecule has 0 unspecified atom stereocenters. The fourth-order valence-corrected chi connectivity index (χ4v) is 6.19. The minimum Gasteiger partial charge on any atom is -0.391 e. The van der Waals surface area contributed by atoms with Crippen LogP contribution in [0.4, 0.5) is 11.4 Å². The average Bonchev–Trinajstić information content (AvgIpc) is 3.14. The number of non-ortho nitro benzene ring substituents is 1. The van der Waals surface area contributed by atoms with Crippen molar-refractivity contribution >= 4 is 11.4 Å². The Morgan fingerprint density at radius 2 is 2.00 bits per heavy atom. The summed E-state index contributed by atoms with van der Waals surface area (Å²) in [6.07, 6.45) is 0.851. The first-order chi connectivity index (χ1) is 11.5. The fourth-order valence-electron chi connectivity index (χ4n) is 6.19. The average molecular weight is 327 g/mol. The molecule has 124 valence electrons. The molecule has 4 bridgehead atoms. The van der Waals surface area contributed by atoms with Gasteiger partial charge in [0.2, 0.25) is 0 Å². The first-order valence-electron chi connectivity index (χ1n) is 8.36. The second kappa shape index (κ2) is 4.47. The van der Waals surface area contributed by atoms with Crippen LogP contribution in [-0.2, 0) is 0 Å². The summed E-state index contributed by atoms with van der Waals surface area (Å²) in [5, 5.41) is 41.9. The van der Waals surface area contributed by atoms with Crippen molar-refractivity contribution in [1.29, 1.82) is 5.26 Å². The van der Waals surface area contributed by atoms with Crippen LogP contribution in [0.1, 0.15) is 18.4 Å². The number of benzene rings is 1. The third-order valence-electron chi connectivity index (χ3n) is 6.88. The molecule has 3 aliphatic carbocycles. The van der Waals surface area contributed by atoms with Crippen molar-refractivity contribution in [1.82, 2.24) is 0 Å². The van der Waals surface area contributed by atoms with E-state index >= 15 is 0 Å². The molecule has 0 radical (unpaired) electrons. The summed E-state index contributed by atoms with van der Waals surface area (Å²) >= 11 is 0. The SMILES string of the molecule is N#Cc1cc([N+](=O)[O-])ccc1N1[C@H]2[C@H](O)[C@@H]3C[C@H]2[C@H]2[C@H](O)[C@@H]1C[C@H]32. The largest absolute Gasteiger partial charge is 0.391 e. The second-order valence-corrected chi connectivity index (χ2v) is 7.56. The van der Waals surface area contributed by atoms with Gasteiger partial charge in [-0.15, -0.1) is 0 Å². The first-order valence-corrected chi connectivity index (χ1v) is 8.36. The molecule has 2 N–H and O–H groups in total. The smallest absolute Gasteiger partial charge is 0.270 e. The van der Waals surface area contributed by atoms with Gasteiger partial charge in [0.25, 0.3) is 5.69 Å². The third kappa shape index (κ3) is 1.48. The number of rotatable bonds is 2. The Balaban J connectivity index is 1.65. The number of hydrogen-bond acceptors (Lipinski definition) is 6. The Labute approximate surface area is 138 Å². The van der Waals surface area contributed by atoms with Crippen LogP contribution in [0.3, 0.4) is 0 Å². The minimum absolute atomic E-state index is 0.0966. The summed E-state index contributed by atoms with van der Waals surface area (Å²) in [6.45, 7) is 0. The number of aliphatic hydroxyl groups is 2. The van der Waals surface area contributed by atoms with Gasteiger partial charge in [0.15, 0.2) is 0 Å². The van der Waals surface area contributed by atoms with Crippen molar-refractivity contribution in [2.24, 2.45) is 23.7 Å². The zero-order valence-electron chi connectivity index (χ0n) is 12.8. The Morgan fingerprint density at radius 1 is 1.21 bits per heavy atom. The van der Waals surface area contributed by atoms with Gasteiger partial charge in [0.1, 0.15) is 6.07 Å². The van der Waals surface area contributed by atoms with E-state index in [0.717, 1.165) is 12.8 Å². The maximum absolute atomic E-state index is 11.0. The van der Waals surface area contributed by atoms with Gasteiger partial charge in [-0.25, -0.2) is 0 Å². The molecule has 7 heteroatoms. The van der Waals surface area contributed by atoms with Gasteiger partial charge in [-0.2, -0.15) is 5.26 Å². The maximum atomic E-state index is 11.0. The highest BCUT2D eigenvalue weighted by Crippen LogP contribution is 2.65. The molecule has 0 amide bonds. The molecule has 1 aromatic carbocycles. The van der Waals surface area contributed by atoms with Crippen LogP contribution in [0, 0.1) is 45.1 Å². The Hall–Kier alpha value is -2.17. The summed E-state index contributed by atoms with van der Waals surface area (Å²) in [5.74, 6) is 1.09. The number of aliphatic hydroxyl groups excluding tert-OH is 2. The van der Waals surface area contributed by atoms with E-state index in [0.29, 0.717) is 11.6 Å². The van der Waals surface area contributed by atoms with E-state index in [1.54, 1.807) is 6.07 Å². The molecule has 24 heavy (non-hydrogen) atoms. The topological polar surface area (TPSA) is 111 Å². The van der Waals surface area contributed by atoms with Gasteiger partial charge in [0.05, 0.1) is 40.5 Å². The highest BCUT2D eigenvalue weighted by Gasteiger charge is 2.70. The zero-order valence-corrected chi connectivity index (χ0v) is 12.8. The molecule has 4 aliphatic rings. The predicted molar refractivity (Wildman–Crippen MR) is 83.1 cm³/mol. The molecule has 1 aliphatic heterocycles. The molecule has 7 nitrogen and oxygen atoms in total. The standard InChI is InChI=1S/C17H17N3O4/c18-6-7-3-8(20(23)24)1-2-12(7)19-13-5-9-10-4-11(14(9)17(13)22)15(19)16(10)21/h1-3,9-11,13-17,21-22H,4-5H2/t9-,10-,11+,13+,14+,15-,16-,17-/m1/s1. The second-order valence-electron chi connectivity index (χ2n) is 7.56. The number of nitro benzene ring substituents is 1. The quantitative estimate of drug-likeness (QED) is 0.620. The van der Waals surface area contributed by atoms with E-state index < -0.39 is 17.1 Å². The molecule has 1 heterocycles. The predicted octanol–water partition coefficient (Wildman–Crippen LogP) is 1.03. The van der Waals surface area contributed by atoms with Gasteiger partial charge >= 0.3 is 0 Å². The van der Waals surface area contributed by atoms with Gasteiger partial charge < -0.3 is 15.1 Å². The van der Waals surface area contributed by atoms with E-state index in [4.69, 9.17) is 0 Å². The number of fused-ring (bicyclic) bond motifs is 3. The summed E-state index contributed by atoms with van der Waals surface area (Å²) in [7, 11) is 0. The number of piperidine rings is 1. The number of nitro groups is 1. The summed E-state index contributed by atoms with van der Waals surface area (Å²) in [5.41, 5.74) is 0.712. The molecule has 5 rings (SSSR count). The number of nitrogens with zero attached hydrogens (tertiary/aromatic N) is 3. The summed E-state index contributed by atoms with van der Waals surface area (Å²) < 4.78 is 0. The summed E-state index contributed by atoms with van der Waals surface area (Å²) in [6, 6.07) is 6.12. The van der Waals surface area contributed by atoms with E-state index in [9.17, 15) is 25.6 Å². The zero-order chi connectivity index (χ0) is 16.7. The van der Waals surface area contributed by atoms with Crippen LogP contribution in [0.25, 0.3) is 0 Å². The molecular formula is C17H17N3O4. The van der Waals surface area contributed by atoms with Crippen molar-refractivity contribution in [2.75, 3.05) is 4.90 Å². The first kappa shape index (κ1) is 14.2. The molecule has 0 spiro atoms. The number of anilines is 1. The Morgan fingerprint density at radius 3 is 2.71 bits per heavy atom. The molecule has 1 aromatic rings. The van der Waals surface area contributed by atoms with E-state index in [1.807, 2.05) is 4.90 Å². The van der Waals surface area contributed by atoms with E-state index in [-0.39, 0.29) is 41.1 Å². The van der Waals surface area contributed by atoms with Crippen LogP contribution >= 0.6 is 0 Å². The van der Waals surface area contributed by atoms with Crippen LogP contribution < -0.4 is 4.90 Å². The Bertz CT molecular complexity index is 791. The third-order valence-corrected chi connectivity index (χ3v) is 6.88. The van der Waals surface area contributed by atoms with Crippen LogP contribution in [0.2, 0.25) is 0 Å². The van der Waals surface area contributed by atoms with Gasteiger partial charge in [0, 0.05) is 12.1 Å². The van der Waals surface area contributed by atoms with Crippen LogP contribution in [-0.4, -0.2) is 39.4 Å². The normalized spacial score (nSPS) is 44.1. The monoisotopic (exact) mass is 327 g/mol. The van der Waals surface area contributed by atoms with Gasteiger partial charge in [-0.3, -0.25) is 10.1 Å². The molecule has 0 aromatic heterocycles. The molecule has 4 fully saturated rings. The summed E-state index contributed by atoms with van der Waals surface area (Å²) in [4.78, 5) is 12.5. The maximum Gasteiger partial charge on any atom is 0.270 e.